The molecular weight excluding hydrogens is 361 g/mol. The second-order valence-electron chi connectivity index (χ2n) is 1.43. The maximum atomic E-state index is 4.07. The molecule has 0 saturated carbocycles. The minimum Gasteiger partial charge on any atom is -0.248 e. The molecule has 0 atom stereocenters. The van der Waals surface area contributed by atoms with Crippen molar-refractivity contribution in [1.29, 1.82) is 0 Å². The minimum atomic E-state index is 0.982. The highest BCUT2D eigenvalue weighted by Gasteiger charge is 1.95. The van der Waals surface area contributed by atoms with Gasteiger partial charge in [0.25, 0.3) is 0 Å². The van der Waals surface area contributed by atoms with Gasteiger partial charge in [0, 0.05) is 10.7 Å². The van der Waals surface area contributed by atoms with Gasteiger partial charge in [0.2, 0.25) is 0 Å². The number of rotatable bonds is 0. The highest BCUT2D eigenvalue weighted by molar-refractivity contribution is 14.1. The zero-order valence-electron chi connectivity index (χ0n) is 4.24. The van der Waals surface area contributed by atoms with E-state index in [1.807, 2.05) is 6.07 Å². The van der Waals surface area contributed by atoms with E-state index in [4.69, 9.17) is 0 Å². The van der Waals surface area contributed by atoms with E-state index in [0.29, 0.717) is 0 Å². The maximum Gasteiger partial charge on any atom is 0.115 e. The number of halogens is 3. The zero-order chi connectivity index (χ0) is 6.85. The molecule has 0 radical (unpaired) electrons. The number of pyridine rings is 1. The average molecular weight is 363 g/mol. The molecule has 0 aliphatic rings. The van der Waals surface area contributed by atoms with Gasteiger partial charge in [-0.2, -0.15) is 0 Å². The van der Waals surface area contributed by atoms with Crippen LogP contribution in [-0.4, -0.2) is 4.98 Å². The Bertz CT molecular complexity index is 226. The lowest BCUT2D eigenvalue weighted by molar-refractivity contribution is 1.23. The van der Waals surface area contributed by atoms with Gasteiger partial charge < -0.3 is 0 Å². The Morgan fingerprint density at radius 1 is 1.44 bits per heavy atom. The lowest BCUT2D eigenvalue weighted by Crippen LogP contribution is -1.79. The summed E-state index contributed by atoms with van der Waals surface area (Å²) in [5, 5.41) is 0. The molecule has 1 aromatic heterocycles. The van der Waals surface area contributed by atoms with E-state index in [1.165, 1.54) is 0 Å². The number of hydrogen-bond donors (Lipinski definition) is 0. The number of nitrogens with zero attached hydrogens (tertiary/aromatic N) is 1. The Hall–Kier alpha value is 0.840. The van der Waals surface area contributed by atoms with E-state index in [1.54, 1.807) is 6.20 Å². The third-order valence-corrected chi connectivity index (χ3v) is 3.40. The quantitative estimate of drug-likeness (QED) is 0.510. The fourth-order valence-electron chi connectivity index (χ4n) is 0.398. The van der Waals surface area contributed by atoms with Crippen molar-refractivity contribution >= 4 is 54.5 Å². The van der Waals surface area contributed by atoms with Crippen LogP contribution in [0.15, 0.2) is 21.2 Å². The molecule has 0 amide bonds. The van der Waals surface area contributed by atoms with Gasteiger partial charge in [0.15, 0.2) is 0 Å². The highest BCUT2D eigenvalue weighted by atomic mass is 127. The van der Waals surface area contributed by atoms with E-state index in [-0.39, 0.29) is 0 Å². The summed E-state index contributed by atoms with van der Waals surface area (Å²) >= 11 is 8.81. The van der Waals surface area contributed by atoms with Gasteiger partial charge in [0.05, 0.1) is 4.47 Å². The lowest BCUT2D eigenvalue weighted by atomic mass is 10.5. The molecular formula is C5H2Br2IN. The van der Waals surface area contributed by atoms with Crippen LogP contribution < -0.4 is 0 Å². The Morgan fingerprint density at radius 3 is 2.56 bits per heavy atom. The van der Waals surface area contributed by atoms with E-state index in [9.17, 15) is 0 Å². The van der Waals surface area contributed by atoms with Crippen molar-refractivity contribution in [2.75, 3.05) is 0 Å². The molecule has 48 valence electrons. The zero-order valence-corrected chi connectivity index (χ0v) is 9.57. The van der Waals surface area contributed by atoms with Crippen molar-refractivity contribution < 1.29 is 0 Å². The smallest absolute Gasteiger partial charge is 0.115 e. The van der Waals surface area contributed by atoms with Crippen LogP contribution in [0.3, 0.4) is 0 Å². The summed E-state index contributed by atoms with van der Waals surface area (Å²) in [6.07, 6.45) is 1.77. The van der Waals surface area contributed by atoms with Gasteiger partial charge in [-0.05, 0) is 60.5 Å². The molecule has 0 aliphatic heterocycles. The van der Waals surface area contributed by atoms with E-state index in [0.717, 1.165) is 12.6 Å². The molecule has 9 heavy (non-hydrogen) atoms. The molecule has 0 bridgehead atoms. The third-order valence-electron chi connectivity index (χ3n) is 0.763. The summed E-state index contributed by atoms with van der Waals surface area (Å²) in [7, 11) is 0. The number of hydrogen-bond acceptors (Lipinski definition) is 1. The van der Waals surface area contributed by atoms with Crippen LogP contribution in [0, 0.1) is 3.70 Å². The summed E-state index contributed by atoms with van der Waals surface area (Å²) in [6, 6.07) is 1.97. The summed E-state index contributed by atoms with van der Waals surface area (Å²) in [5.41, 5.74) is 0. The van der Waals surface area contributed by atoms with Gasteiger partial charge in [-0.3, -0.25) is 0 Å². The van der Waals surface area contributed by atoms with E-state index < -0.39 is 0 Å². The molecule has 0 aromatic carbocycles. The van der Waals surface area contributed by atoms with Gasteiger partial charge >= 0.3 is 0 Å². The second-order valence-corrected chi connectivity index (χ2v) is 4.22. The molecule has 1 heterocycles. The molecule has 1 rings (SSSR count). The largest absolute Gasteiger partial charge is 0.248 e. The molecule has 0 saturated heterocycles. The van der Waals surface area contributed by atoms with Crippen LogP contribution >= 0.6 is 54.5 Å². The lowest BCUT2D eigenvalue weighted by Gasteiger charge is -1.92. The van der Waals surface area contributed by atoms with Crippen molar-refractivity contribution in [3.8, 4) is 0 Å². The molecule has 0 unspecified atom stereocenters. The summed E-state index contributed by atoms with van der Waals surface area (Å²) in [6.45, 7) is 0. The topological polar surface area (TPSA) is 12.9 Å². The maximum absolute atomic E-state index is 4.07. The molecule has 0 aliphatic carbocycles. The predicted octanol–water partition coefficient (Wildman–Crippen LogP) is 3.21. The van der Waals surface area contributed by atoms with Crippen molar-refractivity contribution in [3.05, 3.63) is 24.9 Å². The third kappa shape index (κ3) is 2.16. The van der Waals surface area contributed by atoms with Crippen LogP contribution in [0.2, 0.25) is 0 Å². The number of aromatic nitrogens is 1. The van der Waals surface area contributed by atoms with Gasteiger partial charge in [-0.1, -0.05) is 0 Å². The standard InChI is InChI=1S/C5H2Br2IN/c6-3-1-4(7)5(8)9-2-3/h1-2H. The first-order valence-electron chi connectivity index (χ1n) is 2.16. The molecule has 4 heteroatoms. The normalized spacial score (nSPS) is 9.67. The second kappa shape index (κ2) is 3.30. The highest BCUT2D eigenvalue weighted by Crippen LogP contribution is 2.20. The first kappa shape index (κ1) is 7.94. The van der Waals surface area contributed by atoms with Crippen molar-refractivity contribution in [2.45, 2.75) is 0 Å². The van der Waals surface area contributed by atoms with Crippen molar-refractivity contribution in [1.82, 2.24) is 4.98 Å². The summed E-state index contributed by atoms with van der Waals surface area (Å²) < 4.78 is 3.00. The molecule has 0 fully saturated rings. The first-order valence-corrected chi connectivity index (χ1v) is 4.83. The van der Waals surface area contributed by atoms with Crippen molar-refractivity contribution in [3.63, 3.8) is 0 Å². The fraction of sp³-hybridized carbons (Fsp3) is 0. The monoisotopic (exact) mass is 361 g/mol. The SMILES string of the molecule is Brc1cnc(I)c(Br)c1. The van der Waals surface area contributed by atoms with Gasteiger partial charge in [0.1, 0.15) is 3.70 Å². The Morgan fingerprint density at radius 2 is 2.11 bits per heavy atom. The van der Waals surface area contributed by atoms with Crippen LogP contribution in [-0.2, 0) is 0 Å². The summed E-state index contributed by atoms with van der Waals surface area (Å²) in [4.78, 5) is 4.07. The van der Waals surface area contributed by atoms with Crippen LogP contribution in [0.5, 0.6) is 0 Å². The fourth-order valence-corrected chi connectivity index (χ4v) is 1.68. The van der Waals surface area contributed by atoms with Crippen molar-refractivity contribution in [2.24, 2.45) is 0 Å². The molecule has 1 nitrogen and oxygen atoms in total. The van der Waals surface area contributed by atoms with Crippen LogP contribution in [0.25, 0.3) is 0 Å². The van der Waals surface area contributed by atoms with E-state index in [2.05, 4.69) is 59.4 Å². The minimum absolute atomic E-state index is 0.982. The molecule has 1 aromatic rings. The Balaban J connectivity index is 3.17. The predicted molar refractivity (Wildman–Crippen MR) is 52.4 cm³/mol. The van der Waals surface area contributed by atoms with E-state index >= 15 is 0 Å². The van der Waals surface area contributed by atoms with Crippen LogP contribution in [0.4, 0.5) is 0 Å². The molecule has 0 N–H and O–H groups in total. The summed E-state index contributed by atoms with van der Waals surface area (Å²) in [5.74, 6) is 0. The molecule has 0 spiro atoms. The first-order chi connectivity index (χ1) is 4.20. The average Bonchev–Trinajstić information content (AvgIpc) is 1.80. The Kier molecular flexibility index (Phi) is 2.91. The van der Waals surface area contributed by atoms with Gasteiger partial charge in [-0.15, -0.1) is 0 Å². The Labute approximate surface area is 83.6 Å². The van der Waals surface area contributed by atoms with Crippen LogP contribution in [0.1, 0.15) is 0 Å². The van der Waals surface area contributed by atoms with Gasteiger partial charge in [-0.25, -0.2) is 4.98 Å².